The van der Waals surface area contributed by atoms with E-state index in [9.17, 15) is 22.7 Å². The molecule has 1 saturated heterocycles. The van der Waals surface area contributed by atoms with Crippen molar-refractivity contribution in [3.8, 4) is 0 Å². The van der Waals surface area contributed by atoms with Crippen LogP contribution in [0.4, 0.5) is 5.69 Å². The number of hydrogen-bond acceptors (Lipinski definition) is 5. The molecule has 0 aromatic heterocycles. The zero-order valence-corrected chi connectivity index (χ0v) is 12.6. The molecule has 1 fully saturated rings. The highest BCUT2D eigenvalue weighted by Gasteiger charge is 2.29. The molecule has 2 rings (SSSR count). The molecule has 0 spiro atoms. The summed E-state index contributed by atoms with van der Waals surface area (Å²) in [4.78, 5) is 9.88. The summed E-state index contributed by atoms with van der Waals surface area (Å²) < 4.78 is 37.1. The smallest absolute Gasteiger partial charge is 0.259 e. The molecule has 0 saturated carbocycles. The summed E-state index contributed by atoms with van der Waals surface area (Å²) in [5, 5.41) is 10.7. The maximum atomic E-state index is 12.3. The molecule has 0 amide bonds. The summed E-state index contributed by atoms with van der Waals surface area (Å²) in [7, 11) is -4.83. The summed E-state index contributed by atoms with van der Waals surface area (Å²) in [6.07, 6.45) is 0. The van der Waals surface area contributed by atoms with Crippen LogP contribution in [0.5, 0.6) is 0 Å². The topological polar surface area (TPSA) is 97.6 Å². The molecule has 1 aromatic rings. The first-order valence-electron chi connectivity index (χ1n) is 5.61. The summed E-state index contributed by atoms with van der Waals surface area (Å²) in [6.45, 7) is 0.288. The largest absolute Gasteiger partial charge is 0.289 e. The van der Waals surface area contributed by atoms with Gasteiger partial charge in [0.2, 0.25) is 10.0 Å². The number of nitrogens with zero attached hydrogens (tertiary/aromatic N) is 2. The van der Waals surface area contributed by atoms with Gasteiger partial charge in [-0.05, 0) is 12.1 Å². The van der Waals surface area contributed by atoms with E-state index in [0.29, 0.717) is 0 Å². The summed E-state index contributed by atoms with van der Waals surface area (Å²) in [5.74, 6) is 0.545. The third-order valence-corrected chi connectivity index (χ3v) is 6.38. The van der Waals surface area contributed by atoms with Gasteiger partial charge in [-0.15, -0.1) is 0 Å². The molecule has 1 aromatic carbocycles. The molecule has 110 valence electrons. The van der Waals surface area contributed by atoms with Crippen molar-refractivity contribution in [1.82, 2.24) is 4.31 Å². The van der Waals surface area contributed by atoms with Crippen molar-refractivity contribution >= 4 is 38.1 Å². The fraction of sp³-hybridized carbons (Fsp3) is 0.400. The molecular weight excluding hydrogens is 328 g/mol. The first-order chi connectivity index (χ1) is 9.32. The number of halogens is 1. The molecule has 0 radical (unpaired) electrons. The summed E-state index contributed by atoms with van der Waals surface area (Å²) in [6, 6.07) is 3.37. The lowest BCUT2D eigenvalue weighted by Crippen LogP contribution is -2.41. The average molecular weight is 339 g/mol. The average Bonchev–Trinajstić information content (AvgIpc) is 2.39. The Labute approximate surface area is 123 Å². The minimum atomic E-state index is -3.82. The van der Waals surface area contributed by atoms with E-state index in [4.69, 9.17) is 11.6 Å². The van der Waals surface area contributed by atoms with Gasteiger partial charge in [0.15, 0.2) is 0 Å². The summed E-state index contributed by atoms with van der Waals surface area (Å²) in [5.41, 5.74) is -0.451. The van der Waals surface area contributed by atoms with E-state index >= 15 is 0 Å². The monoisotopic (exact) mass is 338 g/mol. The van der Waals surface area contributed by atoms with E-state index in [1.807, 2.05) is 0 Å². The Morgan fingerprint density at radius 2 is 1.90 bits per heavy atom. The first kappa shape index (κ1) is 15.4. The molecule has 0 unspecified atom stereocenters. The van der Waals surface area contributed by atoms with Crippen molar-refractivity contribution < 1.29 is 17.6 Å². The molecule has 1 aliphatic heterocycles. The molecule has 7 nitrogen and oxygen atoms in total. The van der Waals surface area contributed by atoms with Gasteiger partial charge in [0.25, 0.3) is 5.69 Å². The maximum Gasteiger partial charge on any atom is 0.289 e. The van der Waals surface area contributed by atoms with Crippen LogP contribution in [0.3, 0.4) is 0 Å². The van der Waals surface area contributed by atoms with E-state index in [1.165, 1.54) is 16.4 Å². The fourth-order valence-electron chi connectivity index (χ4n) is 1.80. The number of sulfonamides is 1. The van der Waals surface area contributed by atoms with Gasteiger partial charge in [0.1, 0.15) is 5.02 Å². The molecule has 0 bridgehead atoms. The van der Waals surface area contributed by atoms with Gasteiger partial charge < -0.3 is 0 Å². The maximum absolute atomic E-state index is 12.3. The number of nitro benzene ring substituents is 1. The molecule has 0 N–H and O–H groups in total. The van der Waals surface area contributed by atoms with E-state index < -0.39 is 31.4 Å². The van der Waals surface area contributed by atoms with Crippen LogP contribution in [0.25, 0.3) is 0 Å². The van der Waals surface area contributed by atoms with Crippen LogP contribution in [-0.4, -0.2) is 46.5 Å². The lowest BCUT2D eigenvalue weighted by molar-refractivity contribution is -0.384. The lowest BCUT2D eigenvalue weighted by atomic mass is 10.3. The van der Waals surface area contributed by atoms with Crippen LogP contribution < -0.4 is 0 Å². The third kappa shape index (κ3) is 3.00. The van der Waals surface area contributed by atoms with Crippen molar-refractivity contribution in [2.75, 3.05) is 24.6 Å². The second-order valence-corrected chi connectivity index (χ2v) is 8.16. The molecule has 1 heterocycles. The zero-order chi connectivity index (χ0) is 14.9. The van der Waals surface area contributed by atoms with Crippen molar-refractivity contribution in [3.63, 3.8) is 0 Å². The second-order valence-electron chi connectivity index (χ2n) is 4.12. The number of benzene rings is 1. The highest BCUT2D eigenvalue weighted by Crippen LogP contribution is 2.28. The zero-order valence-electron chi connectivity index (χ0n) is 10.2. The van der Waals surface area contributed by atoms with Gasteiger partial charge >= 0.3 is 0 Å². The van der Waals surface area contributed by atoms with Crippen LogP contribution in [0.1, 0.15) is 0 Å². The van der Waals surface area contributed by atoms with E-state index in [2.05, 4.69) is 0 Å². The van der Waals surface area contributed by atoms with Crippen molar-refractivity contribution in [1.29, 1.82) is 0 Å². The van der Waals surface area contributed by atoms with Crippen LogP contribution >= 0.6 is 11.6 Å². The quantitative estimate of drug-likeness (QED) is 0.605. The standard InChI is InChI=1S/C10H11ClN2O5S2/c11-9-2-1-8(7-10(9)13(14)15)20(17,18)12-3-5-19(16)6-4-12/h1-2,7H,3-6H2. The van der Waals surface area contributed by atoms with Crippen molar-refractivity contribution in [3.05, 3.63) is 33.3 Å². The molecule has 20 heavy (non-hydrogen) atoms. The normalized spacial score (nSPS) is 18.1. The number of nitro groups is 1. The van der Waals surface area contributed by atoms with Gasteiger partial charge in [0.05, 0.1) is 9.82 Å². The van der Waals surface area contributed by atoms with Crippen LogP contribution in [0.15, 0.2) is 23.1 Å². The SMILES string of the molecule is O=[N+]([O-])c1cc(S(=O)(=O)N2CCS(=O)CC2)ccc1Cl. The number of rotatable bonds is 3. The van der Waals surface area contributed by atoms with Crippen molar-refractivity contribution in [2.24, 2.45) is 0 Å². The Bertz CT molecular complexity index is 666. The minimum Gasteiger partial charge on any atom is -0.259 e. The Kier molecular flexibility index (Phi) is 4.43. The molecule has 10 heteroatoms. The Balaban J connectivity index is 2.37. The van der Waals surface area contributed by atoms with Gasteiger partial charge in [-0.25, -0.2) is 8.42 Å². The minimum absolute atomic E-state index is 0.117. The highest BCUT2D eigenvalue weighted by molar-refractivity contribution is 7.89. The molecule has 0 aliphatic carbocycles. The lowest BCUT2D eigenvalue weighted by Gasteiger charge is -2.25. The number of hydrogen-bond donors (Lipinski definition) is 0. The van der Waals surface area contributed by atoms with Crippen LogP contribution in [0.2, 0.25) is 5.02 Å². The van der Waals surface area contributed by atoms with Gasteiger partial charge in [-0.3, -0.25) is 14.3 Å². The molecular formula is C10H11ClN2O5S2. The van der Waals surface area contributed by atoms with Crippen LogP contribution in [0, 0.1) is 10.1 Å². The van der Waals surface area contributed by atoms with E-state index in [-0.39, 0.29) is 34.5 Å². The van der Waals surface area contributed by atoms with Gasteiger partial charge in [0, 0.05) is 41.5 Å². The van der Waals surface area contributed by atoms with E-state index in [1.54, 1.807) is 0 Å². The summed E-state index contributed by atoms with van der Waals surface area (Å²) >= 11 is 5.66. The first-order valence-corrected chi connectivity index (χ1v) is 8.92. The van der Waals surface area contributed by atoms with Gasteiger partial charge in [-0.2, -0.15) is 4.31 Å². The molecule has 0 atom stereocenters. The third-order valence-electron chi connectivity index (χ3n) is 2.89. The Morgan fingerprint density at radius 1 is 1.30 bits per heavy atom. The Morgan fingerprint density at radius 3 is 2.45 bits per heavy atom. The van der Waals surface area contributed by atoms with E-state index in [0.717, 1.165) is 6.07 Å². The fourth-order valence-corrected chi connectivity index (χ4v) is 4.74. The second kappa shape index (κ2) is 5.76. The van der Waals surface area contributed by atoms with Crippen molar-refractivity contribution in [2.45, 2.75) is 4.90 Å². The van der Waals surface area contributed by atoms with Gasteiger partial charge in [-0.1, -0.05) is 11.6 Å². The Hall–Kier alpha value is -1.03. The highest BCUT2D eigenvalue weighted by atomic mass is 35.5. The van der Waals surface area contributed by atoms with Crippen LogP contribution in [-0.2, 0) is 20.8 Å². The predicted octanol–water partition coefficient (Wildman–Crippen LogP) is 1.00. The molecule has 1 aliphatic rings. The predicted molar refractivity (Wildman–Crippen MR) is 74.7 cm³/mol.